The number of phenolic OH excluding ortho intramolecular Hbond substituents is 1. The van der Waals surface area contributed by atoms with Crippen LogP contribution in [-0.2, 0) is 11.3 Å². The molecule has 2 atom stereocenters. The van der Waals surface area contributed by atoms with E-state index >= 15 is 0 Å². The summed E-state index contributed by atoms with van der Waals surface area (Å²) in [5.41, 5.74) is 1.38. The van der Waals surface area contributed by atoms with E-state index in [1.54, 1.807) is 6.20 Å². The van der Waals surface area contributed by atoms with Crippen molar-refractivity contribution in [2.75, 3.05) is 13.1 Å². The SMILES string of the molecule is CC1CN(Cc2cc(Cl)c3cccnc3c2O)CC(C)O1. The molecule has 0 bridgehead atoms. The summed E-state index contributed by atoms with van der Waals surface area (Å²) in [7, 11) is 0. The number of halogens is 1. The Morgan fingerprint density at radius 2 is 2.10 bits per heavy atom. The van der Waals surface area contributed by atoms with E-state index < -0.39 is 0 Å². The lowest BCUT2D eigenvalue weighted by Crippen LogP contribution is -2.44. The number of phenols is 1. The molecule has 5 heteroatoms. The van der Waals surface area contributed by atoms with E-state index in [-0.39, 0.29) is 18.0 Å². The molecule has 2 heterocycles. The molecule has 1 aromatic carbocycles. The average Bonchev–Trinajstić information content (AvgIpc) is 2.43. The van der Waals surface area contributed by atoms with Crippen molar-refractivity contribution in [3.05, 3.63) is 35.0 Å². The van der Waals surface area contributed by atoms with Gasteiger partial charge in [0.05, 0.1) is 17.2 Å². The Morgan fingerprint density at radius 1 is 1.38 bits per heavy atom. The summed E-state index contributed by atoms with van der Waals surface area (Å²) in [6.07, 6.45) is 2.07. The zero-order valence-electron chi connectivity index (χ0n) is 12.2. The molecule has 2 aromatic rings. The van der Waals surface area contributed by atoms with E-state index in [0.717, 1.165) is 24.0 Å². The molecule has 1 saturated heterocycles. The topological polar surface area (TPSA) is 45.6 Å². The van der Waals surface area contributed by atoms with Gasteiger partial charge in [-0.2, -0.15) is 0 Å². The summed E-state index contributed by atoms with van der Waals surface area (Å²) in [5.74, 6) is 0.224. The molecule has 0 saturated carbocycles. The second-order valence-corrected chi connectivity index (χ2v) is 6.12. The van der Waals surface area contributed by atoms with Crippen molar-refractivity contribution in [3.8, 4) is 5.75 Å². The Morgan fingerprint density at radius 3 is 2.81 bits per heavy atom. The van der Waals surface area contributed by atoms with E-state index in [0.29, 0.717) is 17.1 Å². The third kappa shape index (κ3) is 2.98. The molecule has 3 rings (SSSR count). The summed E-state index contributed by atoms with van der Waals surface area (Å²) < 4.78 is 5.74. The number of ether oxygens (including phenoxy) is 1. The van der Waals surface area contributed by atoms with Crippen molar-refractivity contribution in [2.45, 2.75) is 32.6 Å². The van der Waals surface area contributed by atoms with Crippen LogP contribution < -0.4 is 0 Å². The summed E-state index contributed by atoms with van der Waals surface area (Å²) in [6.45, 7) is 6.48. The molecular weight excluding hydrogens is 288 g/mol. The van der Waals surface area contributed by atoms with Gasteiger partial charge in [-0.05, 0) is 32.0 Å². The molecule has 1 fully saturated rings. The third-order valence-electron chi connectivity index (χ3n) is 3.78. The van der Waals surface area contributed by atoms with E-state index in [2.05, 4.69) is 23.7 Å². The lowest BCUT2D eigenvalue weighted by atomic mass is 10.1. The molecule has 21 heavy (non-hydrogen) atoms. The second kappa shape index (κ2) is 5.79. The highest BCUT2D eigenvalue weighted by molar-refractivity contribution is 6.35. The maximum Gasteiger partial charge on any atom is 0.146 e. The molecule has 0 radical (unpaired) electrons. The van der Waals surface area contributed by atoms with Crippen LogP contribution in [0.2, 0.25) is 5.02 Å². The van der Waals surface area contributed by atoms with Crippen LogP contribution in [0, 0.1) is 0 Å². The van der Waals surface area contributed by atoms with Crippen LogP contribution in [0.5, 0.6) is 5.75 Å². The summed E-state index contributed by atoms with van der Waals surface area (Å²) >= 11 is 6.31. The van der Waals surface area contributed by atoms with E-state index in [4.69, 9.17) is 16.3 Å². The lowest BCUT2D eigenvalue weighted by Gasteiger charge is -2.35. The van der Waals surface area contributed by atoms with Gasteiger partial charge in [0.2, 0.25) is 0 Å². The van der Waals surface area contributed by atoms with Crippen LogP contribution in [0.25, 0.3) is 10.9 Å². The second-order valence-electron chi connectivity index (χ2n) is 5.72. The van der Waals surface area contributed by atoms with Crippen molar-refractivity contribution in [2.24, 2.45) is 0 Å². The lowest BCUT2D eigenvalue weighted by molar-refractivity contribution is -0.0706. The molecule has 1 aromatic heterocycles. The summed E-state index contributed by atoms with van der Waals surface area (Å²) in [4.78, 5) is 6.52. The molecular formula is C16H19ClN2O2. The van der Waals surface area contributed by atoms with Crippen molar-refractivity contribution in [3.63, 3.8) is 0 Å². The van der Waals surface area contributed by atoms with Crippen LogP contribution in [-0.4, -0.2) is 40.3 Å². The summed E-state index contributed by atoms with van der Waals surface area (Å²) in [5, 5.41) is 11.9. The van der Waals surface area contributed by atoms with Gasteiger partial charge in [0.1, 0.15) is 11.3 Å². The van der Waals surface area contributed by atoms with Gasteiger partial charge in [0.25, 0.3) is 0 Å². The molecule has 4 nitrogen and oxygen atoms in total. The Bertz CT molecular complexity index is 652. The number of benzene rings is 1. The van der Waals surface area contributed by atoms with Crippen molar-refractivity contribution >= 4 is 22.5 Å². The standard InChI is InChI=1S/C16H19ClN2O2/c1-10-7-19(8-11(2)21-10)9-12-6-14(17)13-4-3-5-18-15(13)16(12)20/h3-6,10-11,20H,7-9H2,1-2H3. The number of pyridine rings is 1. The van der Waals surface area contributed by atoms with Gasteiger partial charge >= 0.3 is 0 Å². The maximum atomic E-state index is 10.5. The highest BCUT2D eigenvalue weighted by Crippen LogP contribution is 2.33. The fourth-order valence-electron chi connectivity index (χ4n) is 3.01. The third-order valence-corrected chi connectivity index (χ3v) is 4.10. The quantitative estimate of drug-likeness (QED) is 0.925. The summed E-state index contributed by atoms with van der Waals surface area (Å²) in [6, 6.07) is 5.53. The van der Waals surface area contributed by atoms with E-state index in [9.17, 15) is 5.11 Å². The largest absolute Gasteiger partial charge is 0.505 e. The Kier molecular flexibility index (Phi) is 4.02. The fourth-order valence-corrected chi connectivity index (χ4v) is 3.30. The first-order valence-electron chi connectivity index (χ1n) is 7.17. The molecule has 2 unspecified atom stereocenters. The van der Waals surface area contributed by atoms with Gasteiger partial charge in [-0.25, -0.2) is 0 Å². The minimum atomic E-state index is 0.199. The zero-order chi connectivity index (χ0) is 15.0. The molecule has 0 amide bonds. The molecule has 0 spiro atoms. The van der Waals surface area contributed by atoms with Crippen LogP contribution in [0.3, 0.4) is 0 Å². The predicted molar refractivity (Wildman–Crippen MR) is 83.7 cm³/mol. The van der Waals surface area contributed by atoms with Gasteiger partial charge in [-0.3, -0.25) is 9.88 Å². The normalized spacial score (nSPS) is 23.6. The highest BCUT2D eigenvalue weighted by atomic mass is 35.5. The van der Waals surface area contributed by atoms with Crippen molar-refractivity contribution in [1.29, 1.82) is 0 Å². The molecule has 1 aliphatic rings. The number of fused-ring (bicyclic) bond motifs is 1. The van der Waals surface area contributed by atoms with Crippen LogP contribution in [0.1, 0.15) is 19.4 Å². The molecule has 1 N–H and O–H groups in total. The van der Waals surface area contributed by atoms with Gasteiger partial charge in [0, 0.05) is 36.8 Å². The Hall–Kier alpha value is -1.36. The first-order valence-corrected chi connectivity index (χ1v) is 7.55. The molecule has 112 valence electrons. The number of hydrogen-bond donors (Lipinski definition) is 1. The van der Waals surface area contributed by atoms with Crippen molar-refractivity contribution < 1.29 is 9.84 Å². The number of aromatic hydroxyl groups is 1. The minimum Gasteiger partial charge on any atom is -0.505 e. The van der Waals surface area contributed by atoms with E-state index in [1.165, 1.54) is 0 Å². The van der Waals surface area contributed by atoms with Crippen molar-refractivity contribution in [1.82, 2.24) is 9.88 Å². The minimum absolute atomic E-state index is 0.199. The number of hydrogen-bond acceptors (Lipinski definition) is 4. The number of nitrogens with zero attached hydrogens (tertiary/aromatic N) is 2. The molecule has 1 aliphatic heterocycles. The number of rotatable bonds is 2. The predicted octanol–water partition coefficient (Wildman–Crippen LogP) is 3.20. The Balaban J connectivity index is 1.92. The number of morpholine rings is 1. The fraction of sp³-hybridized carbons (Fsp3) is 0.438. The van der Waals surface area contributed by atoms with Crippen LogP contribution in [0.4, 0.5) is 0 Å². The zero-order valence-corrected chi connectivity index (χ0v) is 13.0. The highest BCUT2D eigenvalue weighted by Gasteiger charge is 2.23. The Labute approximate surface area is 129 Å². The monoisotopic (exact) mass is 306 g/mol. The van der Waals surface area contributed by atoms with Gasteiger partial charge in [0.15, 0.2) is 0 Å². The molecule has 0 aliphatic carbocycles. The van der Waals surface area contributed by atoms with Crippen LogP contribution >= 0.6 is 11.6 Å². The first kappa shape index (κ1) is 14.6. The average molecular weight is 307 g/mol. The van der Waals surface area contributed by atoms with E-state index in [1.807, 2.05) is 18.2 Å². The number of aromatic nitrogens is 1. The van der Waals surface area contributed by atoms with Gasteiger partial charge in [-0.15, -0.1) is 0 Å². The van der Waals surface area contributed by atoms with Crippen LogP contribution in [0.15, 0.2) is 24.4 Å². The first-order chi connectivity index (χ1) is 10.0. The maximum absolute atomic E-state index is 10.5. The van der Waals surface area contributed by atoms with Gasteiger partial charge < -0.3 is 9.84 Å². The van der Waals surface area contributed by atoms with Gasteiger partial charge in [-0.1, -0.05) is 11.6 Å². The smallest absolute Gasteiger partial charge is 0.146 e.